The summed E-state index contributed by atoms with van der Waals surface area (Å²) in [5.74, 6) is 0.746. The first-order chi connectivity index (χ1) is 6.79. The van der Waals surface area contributed by atoms with Crippen LogP contribution in [0, 0.1) is 0 Å². The van der Waals surface area contributed by atoms with Gasteiger partial charge in [-0.05, 0) is 18.2 Å². The van der Waals surface area contributed by atoms with E-state index in [0.29, 0.717) is 10.9 Å². The van der Waals surface area contributed by atoms with E-state index in [1.54, 1.807) is 7.11 Å². The highest BCUT2D eigenvalue weighted by Crippen LogP contribution is 2.32. The van der Waals surface area contributed by atoms with Crippen LogP contribution in [0.2, 0.25) is 0 Å². The Morgan fingerprint density at radius 3 is 2.86 bits per heavy atom. The van der Waals surface area contributed by atoms with Crippen LogP contribution in [0.5, 0.6) is 5.75 Å². The van der Waals surface area contributed by atoms with Crippen molar-refractivity contribution >= 4 is 17.4 Å². The Hall–Kier alpha value is -0.870. The summed E-state index contributed by atoms with van der Waals surface area (Å²) in [7, 11) is 1.63. The number of hydrogen-bond donors (Lipinski definition) is 1. The summed E-state index contributed by atoms with van der Waals surface area (Å²) in [5.41, 5.74) is 6.40. The molecule has 2 rings (SSSR count). The standard InChI is InChI=1S/C10H13NO2S/c1-12-10-4-7(2-3-9(10)11)14-8-5-13-6-8/h2-4,8H,5-6,11H2,1H3. The van der Waals surface area contributed by atoms with Gasteiger partial charge in [0.1, 0.15) is 5.75 Å². The first-order valence-corrected chi connectivity index (χ1v) is 5.35. The largest absolute Gasteiger partial charge is 0.495 e. The van der Waals surface area contributed by atoms with E-state index in [9.17, 15) is 0 Å². The molecule has 1 heterocycles. The second-order valence-electron chi connectivity index (χ2n) is 3.18. The van der Waals surface area contributed by atoms with Gasteiger partial charge < -0.3 is 15.2 Å². The summed E-state index contributed by atoms with van der Waals surface area (Å²) in [5, 5.41) is 0.586. The zero-order valence-electron chi connectivity index (χ0n) is 8.03. The van der Waals surface area contributed by atoms with E-state index in [1.807, 2.05) is 30.0 Å². The summed E-state index contributed by atoms with van der Waals surface area (Å²) >= 11 is 1.81. The van der Waals surface area contributed by atoms with Crippen LogP contribution < -0.4 is 10.5 Å². The van der Waals surface area contributed by atoms with E-state index < -0.39 is 0 Å². The van der Waals surface area contributed by atoms with Crippen LogP contribution in [0.1, 0.15) is 0 Å². The normalized spacial score (nSPS) is 16.4. The van der Waals surface area contributed by atoms with Gasteiger partial charge in [-0.3, -0.25) is 0 Å². The molecular formula is C10H13NO2S. The van der Waals surface area contributed by atoms with Crippen LogP contribution in [-0.4, -0.2) is 25.6 Å². The minimum Gasteiger partial charge on any atom is -0.495 e. The molecule has 76 valence electrons. The maximum atomic E-state index is 5.72. The molecule has 1 saturated heterocycles. The third-order valence-electron chi connectivity index (χ3n) is 2.12. The van der Waals surface area contributed by atoms with E-state index in [1.165, 1.54) is 4.90 Å². The first-order valence-electron chi connectivity index (χ1n) is 4.47. The number of nitrogen functional groups attached to an aromatic ring is 1. The van der Waals surface area contributed by atoms with Crippen LogP contribution in [0.4, 0.5) is 5.69 Å². The molecule has 0 spiro atoms. The fraction of sp³-hybridized carbons (Fsp3) is 0.400. The molecule has 0 saturated carbocycles. The molecule has 0 atom stereocenters. The molecule has 0 amide bonds. The lowest BCUT2D eigenvalue weighted by molar-refractivity contribution is 0.0455. The number of hydrogen-bond acceptors (Lipinski definition) is 4. The van der Waals surface area contributed by atoms with E-state index in [0.717, 1.165) is 19.0 Å². The number of benzene rings is 1. The Kier molecular flexibility index (Phi) is 2.84. The van der Waals surface area contributed by atoms with Gasteiger partial charge >= 0.3 is 0 Å². The Labute approximate surface area is 87.6 Å². The fourth-order valence-corrected chi connectivity index (χ4v) is 2.27. The topological polar surface area (TPSA) is 44.5 Å². The zero-order valence-corrected chi connectivity index (χ0v) is 8.84. The minimum atomic E-state index is 0.586. The molecule has 0 aromatic heterocycles. The molecule has 1 aliphatic heterocycles. The monoisotopic (exact) mass is 211 g/mol. The summed E-state index contributed by atoms with van der Waals surface area (Å²) in [6.07, 6.45) is 0. The van der Waals surface area contributed by atoms with Crippen molar-refractivity contribution in [3.05, 3.63) is 18.2 Å². The third-order valence-corrected chi connectivity index (χ3v) is 3.25. The van der Waals surface area contributed by atoms with Crippen LogP contribution in [0.25, 0.3) is 0 Å². The third kappa shape index (κ3) is 1.96. The minimum absolute atomic E-state index is 0.586. The Bertz CT molecular complexity index is 326. The highest BCUT2D eigenvalue weighted by atomic mass is 32.2. The van der Waals surface area contributed by atoms with Gasteiger partial charge in [-0.15, -0.1) is 11.8 Å². The Morgan fingerprint density at radius 1 is 1.50 bits per heavy atom. The number of thioether (sulfide) groups is 1. The molecule has 1 fully saturated rings. The number of ether oxygens (including phenoxy) is 2. The van der Waals surface area contributed by atoms with Gasteiger partial charge in [0, 0.05) is 4.90 Å². The molecule has 1 aromatic rings. The number of anilines is 1. The van der Waals surface area contributed by atoms with Crippen molar-refractivity contribution in [3.63, 3.8) is 0 Å². The van der Waals surface area contributed by atoms with Crippen LogP contribution in [-0.2, 0) is 4.74 Å². The Balaban J connectivity index is 2.09. The molecule has 0 unspecified atom stereocenters. The summed E-state index contributed by atoms with van der Waals surface area (Å²) in [6, 6.07) is 5.86. The molecule has 14 heavy (non-hydrogen) atoms. The highest BCUT2D eigenvalue weighted by molar-refractivity contribution is 8.00. The predicted octanol–water partition coefficient (Wildman–Crippen LogP) is 1.77. The lowest BCUT2D eigenvalue weighted by Gasteiger charge is -2.25. The second-order valence-corrected chi connectivity index (χ2v) is 4.55. The van der Waals surface area contributed by atoms with Gasteiger partial charge in [0.2, 0.25) is 0 Å². The van der Waals surface area contributed by atoms with Crippen LogP contribution in [0.15, 0.2) is 23.1 Å². The van der Waals surface area contributed by atoms with Gasteiger partial charge in [0.05, 0.1) is 31.3 Å². The lowest BCUT2D eigenvalue weighted by Crippen LogP contribution is -2.29. The summed E-state index contributed by atoms with van der Waals surface area (Å²) in [6.45, 7) is 1.69. The molecule has 3 nitrogen and oxygen atoms in total. The maximum Gasteiger partial charge on any atom is 0.142 e. The first kappa shape index (κ1) is 9.68. The Morgan fingerprint density at radius 2 is 2.29 bits per heavy atom. The quantitative estimate of drug-likeness (QED) is 0.774. The predicted molar refractivity (Wildman–Crippen MR) is 57.9 cm³/mol. The molecule has 0 aliphatic carbocycles. The molecule has 4 heteroatoms. The van der Waals surface area contributed by atoms with E-state index in [2.05, 4.69) is 0 Å². The van der Waals surface area contributed by atoms with Gasteiger partial charge in [0.25, 0.3) is 0 Å². The van der Waals surface area contributed by atoms with E-state index >= 15 is 0 Å². The SMILES string of the molecule is COc1cc(SC2COC2)ccc1N. The molecule has 0 bridgehead atoms. The van der Waals surface area contributed by atoms with Gasteiger partial charge in [0.15, 0.2) is 0 Å². The van der Waals surface area contributed by atoms with Crippen molar-refractivity contribution in [3.8, 4) is 5.75 Å². The van der Waals surface area contributed by atoms with Crippen molar-refractivity contribution < 1.29 is 9.47 Å². The second kappa shape index (κ2) is 4.11. The zero-order chi connectivity index (χ0) is 9.97. The van der Waals surface area contributed by atoms with Gasteiger partial charge in [-0.25, -0.2) is 0 Å². The average Bonchev–Trinajstić information content (AvgIpc) is 2.14. The maximum absolute atomic E-state index is 5.72. The van der Waals surface area contributed by atoms with Crippen molar-refractivity contribution in [1.82, 2.24) is 0 Å². The molecule has 0 radical (unpaired) electrons. The van der Waals surface area contributed by atoms with Crippen molar-refractivity contribution in [1.29, 1.82) is 0 Å². The van der Waals surface area contributed by atoms with Gasteiger partial charge in [-0.1, -0.05) is 0 Å². The van der Waals surface area contributed by atoms with E-state index in [-0.39, 0.29) is 0 Å². The molecule has 1 aliphatic rings. The van der Waals surface area contributed by atoms with Crippen molar-refractivity contribution in [2.24, 2.45) is 0 Å². The lowest BCUT2D eigenvalue weighted by atomic mass is 10.3. The number of rotatable bonds is 3. The highest BCUT2D eigenvalue weighted by Gasteiger charge is 2.19. The molecule has 2 N–H and O–H groups in total. The smallest absolute Gasteiger partial charge is 0.142 e. The van der Waals surface area contributed by atoms with E-state index in [4.69, 9.17) is 15.2 Å². The van der Waals surface area contributed by atoms with Crippen molar-refractivity contribution in [2.45, 2.75) is 10.1 Å². The fourth-order valence-electron chi connectivity index (χ4n) is 1.24. The number of nitrogens with two attached hydrogens (primary N) is 1. The van der Waals surface area contributed by atoms with Crippen molar-refractivity contribution in [2.75, 3.05) is 26.1 Å². The van der Waals surface area contributed by atoms with Crippen LogP contribution >= 0.6 is 11.8 Å². The average molecular weight is 211 g/mol. The van der Waals surface area contributed by atoms with Gasteiger partial charge in [-0.2, -0.15) is 0 Å². The number of methoxy groups -OCH3 is 1. The van der Waals surface area contributed by atoms with Crippen LogP contribution in [0.3, 0.4) is 0 Å². The summed E-state index contributed by atoms with van der Waals surface area (Å²) < 4.78 is 10.3. The summed E-state index contributed by atoms with van der Waals surface area (Å²) in [4.78, 5) is 1.18. The molecule has 1 aromatic carbocycles. The molecular weight excluding hydrogens is 198 g/mol.